The van der Waals surface area contributed by atoms with Crippen LogP contribution in [0.2, 0.25) is 0 Å². The summed E-state index contributed by atoms with van der Waals surface area (Å²) in [5.74, 6) is 0.953. The Morgan fingerprint density at radius 3 is 2.57 bits per heavy atom. The number of carbonyl (C=O) groups is 1. The van der Waals surface area contributed by atoms with Crippen LogP contribution < -0.4 is 5.32 Å². The number of carbonyl (C=O) groups excluding carboxylic acids is 1. The van der Waals surface area contributed by atoms with Gasteiger partial charge in [-0.15, -0.1) is 0 Å². The van der Waals surface area contributed by atoms with Gasteiger partial charge < -0.3 is 10.2 Å². The number of nitrogens with one attached hydrogen (secondary N) is 1. The highest BCUT2D eigenvalue weighted by Crippen LogP contribution is 2.38. The first-order valence-corrected chi connectivity index (χ1v) is 7.35. The van der Waals surface area contributed by atoms with E-state index in [1.807, 2.05) is 0 Å². The van der Waals surface area contributed by atoms with E-state index >= 15 is 0 Å². The van der Waals surface area contributed by atoms with Gasteiger partial charge in [-0.2, -0.15) is 0 Å². The largest absolute Gasteiger partial charge is 0.388 e. The third-order valence-corrected chi connectivity index (χ3v) is 4.73. The van der Waals surface area contributed by atoms with Crippen molar-refractivity contribution in [1.29, 1.82) is 0 Å². The van der Waals surface area contributed by atoms with E-state index < -0.39 is 4.92 Å². The molecule has 0 spiro atoms. The SMILES string of the molecule is CNc1ccc([N+](=O)[O-])c(C(=O)N2CC3CCCC3C2)c1. The molecule has 1 N–H and O–H groups in total. The highest BCUT2D eigenvalue weighted by molar-refractivity contribution is 5.99. The van der Waals surface area contributed by atoms with Gasteiger partial charge >= 0.3 is 0 Å². The zero-order chi connectivity index (χ0) is 15.0. The van der Waals surface area contributed by atoms with Crippen LogP contribution in [0.3, 0.4) is 0 Å². The predicted molar refractivity (Wildman–Crippen MR) is 79.4 cm³/mol. The molecule has 3 rings (SSSR count). The van der Waals surface area contributed by atoms with Gasteiger partial charge in [0.25, 0.3) is 11.6 Å². The normalized spacial score (nSPS) is 24.0. The number of nitro benzene ring substituents is 1. The maximum Gasteiger partial charge on any atom is 0.282 e. The number of fused-ring (bicyclic) bond motifs is 1. The molecule has 1 aromatic carbocycles. The molecule has 1 aliphatic carbocycles. The molecule has 1 saturated carbocycles. The van der Waals surface area contributed by atoms with Crippen molar-refractivity contribution in [3.05, 3.63) is 33.9 Å². The molecular weight excluding hydrogens is 270 g/mol. The van der Waals surface area contributed by atoms with Gasteiger partial charge in [0.15, 0.2) is 0 Å². The standard InChI is InChI=1S/C15H19N3O3/c1-16-12-5-6-14(18(20)21)13(7-12)15(19)17-8-10-3-2-4-11(10)9-17/h5-7,10-11,16H,2-4,8-9H2,1H3. The summed E-state index contributed by atoms with van der Waals surface area (Å²) >= 11 is 0. The topological polar surface area (TPSA) is 75.5 Å². The number of likely N-dealkylation sites (tertiary alicyclic amines) is 1. The monoisotopic (exact) mass is 289 g/mol. The third kappa shape index (κ3) is 2.46. The van der Waals surface area contributed by atoms with Gasteiger partial charge in [-0.05, 0) is 36.8 Å². The van der Waals surface area contributed by atoms with E-state index in [0.29, 0.717) is 17.5 Å². The molecule has 112 valence electrons. The first-order chi connectivity index (χ1) is 10.1. The molecule has 2 atom stereocenters. The van der Waals surface area contributed by atoms with Crippen molar-refractivity contribution >= 4 is 17.3 Å². The Kier molecular flexibility index (Phi) is 3.53. The molecule has 6 nitrogen and oxygen atoms in total. The second kappa shape index (κ2) is 5.35. The summed E-state index contributed by atoms with van der Waals surface area (Å²) in [5, 5.41) is 14.1. The number of amides is 1. The van der Waals surface area contributed by atoms with Crippen LogP contribution in [0.15, 0.2) is 18.2 Å². The number of hydrogen-bond acceptors (Lipinski definition) is 4. The molecule has 0 radical (unpaired) electrons. The predicted octanol–water partition coefficient (Wildman–Crippen LogP) is 2.51. The third-order valence-electron chi connectivity index (χ3n) is 4.73. The Labute approximate surface area is 123 Å². The van der Waals surface area contributed by atoms with Crippen LogP contribution in [0, 0.1) is 22.0 Å². The Balaban J connectivity index is 1.88. The average Bonchev–Trinajstić information content (AvgIpc) is 3.06. The lowest BCUT2D eigenvalue weighted by Crippen LogP contribution is -2.30. The van der Waals surface area contributed by atoms with Crippen molar-refractivity contribution in [2.24, 2.45) is 11.8 Å². The highest BCUT2D eigenvalue weighted by Gasteiger charge is 2.39. The van der Waals surface area contributed by atoms with Gasteiger partial charge in [0.05, 0.1) is 4.92 Å². The van der Waals surface area contributed by atoms with Crippen molar-refractivity contribution in [1.82, 2.24) is 4.90 Å². The van der Waals surface area contributed by atoms with Crippen molar-refractivity contribution in [2.45, 2.75) is 19.3 Å². The molecule has 2 unspecified atom stereocenters. The van der Waals surface area contributed by atoms with E-state index in [1.165, 1.54) is 25.3 Å². The number of nitro groups is 1. The van der Waals surface area contributed by atoms with Crippen LogP contribution in [0.4, 0.5) is 11.4 Å². The molecule has 21 heavy (non-hydrogen) atoms. The molecule has 2 fully saturated rings. The van der Waals surface area contributed by atoms with E-state index in [2.05, 4.69) is 5.32 Å². The van der Waals surface area contributed by atoms with E-state index in [1.54, 1.807) is 24.1 Å². The van der Waals surface area contributed by atoms with Crippen LogP contribution in [-0.2, 0) is 0 Å². The number of rotatable bonds is 3. The van der Waals surface area contributed by atoms with Gasteiger partial charge in [-0.1, -0.05) is 6.42 Å². The van der Waals surface area contributed by atoms with Crippen molar-refractivity contribution < 1.29 is 9.72 Å². The van der Waals surface area contributed by atoms with Crippen LogP contribution in [0.5, 0.6) is 0 Å². The Hall–Kier alpha value is -2.11. The molecule has 0 aromatic heterocycles. The Morgan fingerprint density at radius 1 is 1.33 bits per heavy atom. The fourth-order valence-corrected chi connectivity index (χ4v) is 3.59. The van der Waals surface area contributed by atoms with Gasteiger partial charge in [-0.3, -0.25) is 14.9 Å². The number of benzene rings is 1. The van der Waals surface area contributed by atoms with E-state index in [0.717, 1.165) is 13.1 Å². The summed E-state index contributed by atoms with van der Waals surface area (Å²) in [7, 11) is 1.73. The lowest BCUT2D eigenvalue weighted by molar-refractivity contribution is -0.385. The minimum Gasteiger partial charge on any atom is -0.388 e. The minimum atomic E-state index is -0.483. The summed E-state index contributed by atoms with van der Waals surface area (Å²) in [6, 6.07) is 4.60. The molecule has 1 heterocycles. The fraction of sp³-hybridized carbons (Fsp3) is 0.533. The van der Waals surface area contributed by atoms with Gasteiger partial charge in [-0.25, -0.2) is 0 Å². The molecular formula is C15H19N3O3. The van der Waals surface area contributed by atoms with Crippen LogP contribution in [0.1, 0.15) is 29.6 Å². The summed E-state index contributed by atoms with van der Waals surface area (Å²) in [5.41, 5.74) is 0.784. The molecule has 1 amide bonds. The second-order valence-corrected chi connectivity index (χ2v) is 5.90. The van der Waals surface area contributed by atoms with Crippen molar-refractivity contribution in [3.63, 3.8) is 0 Å². The zero-order valence-electron chi connectivity index (χ0n) is 12.0. The molecule has 2 aliphatic rings. The van der Waals surface area contributed by atoms with E-state index in [-0.39, 0.29) is 17.2 Å². The first-order valence-electron chi connectivity index (χ1n) is 7.35. The molecule has 0 bridgehead atoms. The van der Waals surface area contributed by atoms with Crippen molar-refractivity contribution in [3.8, 4) is 0 Å². The van der Waals surface area contributed by atoms with Gasteiger partial charge in [0, 0.05) is 31.9 Å². The molecule has 1 aromatic rings. The number of anilines is 1. The summed E-state index contributed by atoms with van der Waals surface area (Å²) < 4.78 is 0. The quantitative estimate of drug-likeness (QED) is 0.685. The Bertz CT molecular complexity index is 576. The van der Waals surface area contributed by atoms with E-state index in [9.17, 15) is 14.9 Å². The van der Waals surface area contributed by atoms with Crippen LogP contribution in [0.25, 0.3) is 0 Å². The number of hydrogen-bond donors (Lipinski definition) is 1. The van der Waals surface area contributed by atoms with Crippen LogP contribution >= 0.6 is 0 Å². The van der Waals surface area contributed by atoms with Crippen molar-refractivity contribution in [2.75, 3.05) is 25.5 Å². The molecule has 6 heteroatoms. The molecule has 1 saturated heterocycles. The van der Waals surface area contributed by atoms with Gasteiger partial charge in [0.1, 0.15) is 5.56 Å². The molecule has 1 aliphatic heterocycles. The van der Waals surface area contributed by atoms with Crippen LogP contribution in [-0.4, -0.2) is 35.9 Å². The fourth-order valence-electron chi connectivity index (χ4n) is 3.59. The van der Waals surface area contributed by atoms with E-state index in [4.69, 9.17) is 0 Å². The maximum absolute atomic E-state index is 12.7. The maximum atomic E-state index is 12.7. The summed E-state index contributed by atoms with van der Waals surface area (Å²) in [6.45, 7) is 1.48. The minimum absolute atomic E-state index is 0.115. The first kappa shape index (κ1) is 13.9. The Morgan fingerprint density at radius 2 is 2.00 bits per heavy atom. The number of nitrogens with zero attached hydrogens (tertiary/aromatic N) is 2. The smallest absolute Gasteiger partial charge is 0.282 e. The highest BCUT2D eigenvalue weighted by atomic mass is 16.6. The summed E-state index contributed by atoms with van der Waals surface area (Å²) in [4.78, 5) is 25.1. The lowest BCUT2D eigenvalue weighted by Gasteiger charge is -2.17. The average molecular weight is 289 g/mol. The summed E-state index contributed by atoms with van der Waals surface area (Å²) in [6.07, 6.45) is 3.59. The lowest BCUT2D eigenvalue weighted by atomic mass is 10.0. The second-order valence-electron chi connectivity index (χ2n) is 5.90. The van der Waals surface area contributed by atoms with Gasteiger partial charge in [0.2, 0.25) is 0 Å². The zero-order valence-corrected chi connectivity index (χ0v) is 12.0.